The average molecular weight is 288 g/mol. The smallest absolute Gasteiger partial charge is 0.137 e. The van der Waals surface area contributed by atoms with Gasteiger partial charge in [0.1, 0.15) is 5.82 Å². The zero-order valence-electron chi connectivity index (χ0n) is 9.22. The van der Waals surface area contributed by atoms with Crippen molar-refractivity contribution >= 4 is 15.9 Å². The van der Waals surface area contributed by atoms with Crippen molar-refractivity contribution in [2.75, 3.05) is 13.2 Å². The first-order valence-corrected chi connectivity index (χ1v) is 6.16. The normalized spacial score (nSPS) is 24.9. The second kappa shape index (κ2) is 4.82. The molecule has 1 aromatic carbocycles. The molecule has 0 spiro atoms. The van der Waals surface area contributed by atoms with E-state index in [9.17, 15) is 4.39 Å². The largest absolute Gasteiger partial charge is 0.379 e. The molecule has 1 atom stereocenters. The van der Waals surface area contributed by atoms with Gasteiger partial charge in [0.15, 0.2) is 0 Å². The first-order chi connectivity index (χ1) is 7.61. The molecule has 88 valence electrons. The van der Waals surface area contributed by atoms with Gasteiger partial charge in [-0.25, -0.2) is 4.39 Å². The van der Waals surface area contributed by atoms with E-state index in [0.717, 1.165) is 25.2 Å². The molecule has 0 radical (unpaired) electrons. The molecule has 0 aromatic heterocycles. The summed E-state index contributed by atoms with van der Waals surface area (Å²) in [5, 5.41) is 3.42. The lowest BCUT2D eigenvalue weighted by Gasteiger charge is -2.24. The second-order valence-corrected chi connectivity index (χ2v) is 5.22. The summed E-state index contributed by atoms with van der Waals surface area (Å²) in [6, 6.07) is 5.10. The van der Waals surface area contributed by atoms with Crippen LogP contribution in [0.4, 0.5) is 4.39 Å². The maximum Gasteiger partial charge on any atom is 0.137 e. The molecule has 1 aromatic rings. The maximum atomic E-state index is 13.3. The second-order valence-electron chi connectivity index (χ2n) is 4.43. The fourth-order valence-corrected chi connectivity index (χ4v) is 2.20. The van der Waals surface area contributed by atoms with Gasteiger partial charge < -0.3 is 10.1 Å². The van der Waals surface area contributed by atoms with E-state index in [0.29, 0.717) is 11.0 Å². The quantitative estimate of drug-likeness (QED) is 0.923. The molecule has 1 N–H and O–H groups in total. The lowest BCUT2D eigenvalue weighted by Crippen LogP contribution is -2.42. The highest BCUT2D eigenvalue weighted by molar-refractivity contribution is 9.10. The van der Waals surface area contributed by atoms with Crippen LogP contribution in [0.2, 0.25) is 0 Å². The monoisotopic (exact) mass is 287 g/mol. The molecule has 0 saturated carbocycles. The van der Waals surface area contributed by atoms with Gasteiger partial charge in [-0.3, -0.25) is 0 Å². The topological polar surface area (TPSA) is 21.3 Å². The van der Waals surface area contributed by atoms with Crippen LogP contribution in [0.3, 0.4) is 0 Å². The van der Waals surface area contributed by atoms with Gasteiger partial charge in [-0.2, -0.15) is 0 Å². The van der Waals surface area contributed by atoms with E-state index in [4.69, 9.17) is 4.74 Å². The predicted octanol–water partition coefficient (Wildman–Crippen LogP) is 2.86. The van der Waals surface area contributed by atoms with Crippen molar-refractivity contribution in [3.8, 4) is 0 Å². The molecule has 1 unspecified atom stereocenters. The third kappa shape index (κ3) is 2.62. The molecule has 2 nitrogen and oxygen atoms in total. The molecule has 1 aliphatic rings. The number of halogens is 2. The number of hydrogen-bond donors (Lipinski definition) is 1. The Hall–Kier alpha value is -0.450. The van der Waals surface area contributed by atoms with Gasteiger partial charge >= 0.3 is 0 Å². The Morgan fingerprint density at radius 2 is 2.38 bits per heavy atom. The average Bonchev–Trinajstić information content (AvgIpc) is 2.68. The highest BCUT2D eigenvalue weighted by Crippen LogP contribution is 2.23. The minimum atomic E-state index is -0.216. The van der Waals surface area contributed by atoms with Gasteiger partial charge in [-0.1, -0.05) is 12.1 Å². The van der Waals surface area contributed by atoms with Crippen LogP contribution in [0.5, 0.6) is 0 Å². The summed E-state index contributed by atoms with van der Waals surface area (Å²) < 4.78 is 19.2. The van der Waals surface area contributed by atoms with Crippen molar-refractivity contribution in [1.82, 2.24) is 5.32 Å². The van der Waals surface area contributed by atoms with Gasteiger partial charge in [0.05, 0.1) is 11.1 Å². The summed E-state index contributed by atoms with van der Waals surface area (Å²) in [6.45, 7) is 4.30. The Morgan fingerprint density at radius 3 is 3.06 bits per heavy atom. The van der Waals surface area contributed by atoms with E-state index >= 15 is 0 Å². The molecular formula is C12H15BrFNO. The van der Waals surface area contributed by atoms with Crippen molar-refractivity contribution in [3.63, 3.8) is 0 Å². The third-order valence-corrected chi connectivity index (χ3v) is 3.84. The summed E-state index contributed by atoms with van der Waals surface area (Å²) in [4.78, 5) is 0. The predicted molar refractivity (Wildman–Crippen MR) is 64.8 cm³/mol. The first-order valence-electron chi connectivity index (χ1n) is 5.36. The summed E-state index contributed by atoms with van der Waals surface area (Å²) in [6.07, 6.45) is 1.000. The lowest BCUT2D eigenvalue weighted by molar-refractivity contribution is 0.171. The minimum absolute atomic E-state index is 0.0196. The fourth-order valence-electron chi connectivity index (χ4n) is 1.80. The number of nitrogens with one attached hydrogen (secondary N) is 1. The summed E-state index contributed by atoms with van der Waals surface area (Å²) in [5.74, 6) is -0.216. The van der Waals surface area contributed by atoms with E-state index in [1.54, 1.807) is 6.07 Å². The fraction of sp³-hybridized carbons (Fsp3) is 0.500. The Balaban J connectivity index is 2.02. The van der Waals surface area contributed by atoms with Crippen molar-refractivity contribution in [3.05, 3.63) is 34.1 Å². The minimum Gasteiger partial charge on any atom is -0.379 e. The van der Waals surface area contributed by atoms with Crippen LogP contribution >= 0.6 is 15.9 Å². The highest BCUT2D eigenvalue weighted by Gasteiger charge is 2.28. The zero-order valence-corrected chi connectivity index (χ0v) is 10.8. The standard InChI is InChI=1S/C12H15BrFNO/c1-12(5-6-16-8-12)15-7-9-3-2-4-10(14)11(9)13/h2-4,15H,5-8H2,1H3. The van der Waals surface area contributed by atoms with E-state index in [-0.39, 0.29) is 11.4 Å². The zero-order chi connectivity index (χ0) is 11.6. The molecule has 16 heavy (non-hydrogen) atoms. The molecule has 0 amide bonds. The van der Waals surface area contributed by atoms with Crippen LogP contribution in [0, 0.1) is 5.82 Å². The molecule has 0 aliphatic carbocycles. The SMILES string of the molecule is CC1(NCc2cccc(F)c2Br)CCOC1. The van der Waals surface area contributed by atoms with E-state index < -0.39 is 0 Å². The van der Waals surface area contributed by atoms with Crippen LogP contribution in [-0.4, -0.2) is 18.8 Å². The number of benzene rings is 1. The van der Waals surface area contributed by atoms with Gasteiger partial charge in [0, 0.05) is 18.7 Å². The van der Waals surface area contributed by atoms with Gasteiger partial charge in [-0.05, 0) is 40.9 Å². The number of ether oxygens (including phenoxy) is 1. The third-order valence-electron chi connectivity index (χ3n) is 2.96. The van der Waals surface area contributed by atoms with Crippen molar-refractivity contribution in [2.24, 2.45) is 0 Å². The van der Waals surface area contributed by atoms with Gasteiger partial charge in [-0.15, -0.1) is 0 Å². The summed E-state index contributed by atoms with van der Waals surface area (Å²) in [7, 11) is 0. The molecule has 1 aliphatic heterocycles. The van der Waals surface area contributed by atoms with Crippen molar-refractivity contribution < 1.29 is 9.13 Å². The highest BCUT2D eigenvalue weighted by atomic mass is 79.9. The van der Waals surface area contributed by atoms with E-state index in [1.807, 2.05) is 6.07 Å². The van der Waals surface area contributed by atoms with Gasteiger partial charge in [0.25, 0.3) is 0 Å². The summed E-state index contributed by atoms with van der Waals surface area (Å²) >= 11 is 3.26. The molecular weight excluding hydrogens is 273 g/mol. The van der Waals surface area contributed by atoms with Gasteiger partial charge in [0.2, 0.25) is 0 Å². The van der Waals surface area contributed by atoms with Crippen molar-refractivity contribution in [1.29, 1.82) is 0 Å². The number of hydrogen-bond acceptors (Lipinski definition) is 2. The lowest BCUT2D eigenvalue weighted by atomic mass is 10.0. The Labute approximate surface area is 103 Å². The molecule has 1 heterocycles. The van der Waals surface area contributed by atoms with Crippen LogP contribution in [0.1, 0.15) is 18.9 Å². The number of rotatable bonds is 3. The Morgan fingerprint density at radius 1 is 1.56 bits per heavy atom. The Bertz CT molecular complexity index is 377. The molecule has 1 saturated heterocycles. The molecule has 2 rings (SSSR count). The van der Waals surface area contributed by atoms with Crippen LogP contribution in [-0.2, 0) is 11.3 Å². The van der Waals surface area contributed by atoms with Crippen molar-refractivity contribution in [2.45, 2.75) is 25.4 Å². The summed E-state index contributed by atoms with van der Waals surface area (Å²) in [5.41, 5.74) is 0.958. The Kier molecular flexibility index (Phi) is 3.62. The van der Waals surface area contributed by atoms with Crippen LogP contribution < -0.4 is 5.32 Å². The maximum absolute atomic E-state index is 13.3. The molecule has 1 fully saturated rings. The van der Waals surface area contributed by atoms with E-state index in [2.05, 4.69) is 28.2 Å². The van der Waals surface area contributed by atoms with Crippen LogP contribution in [0.15, 0.2) is 22.7 Å². The molecule has 0 bridgehead atoms. The van der Waals surface area contributed by atoms with E-state index in [1.165, 1.54) is 6.07 Å². The van der Waals surface area contributed by atoms with Crippen LogP contribution in [0.25, 0.3) is 0 Å². The molecule has 4 heteroatoms. The first kappa shape index (κ1) is 12.0.